The molecular weight excluding hydrogens is 208 g/mol. The first-order chi connectivity index (χ1) is 7.51. The number of anilines is 1. The first-order valence-corrected chi connectivity index (χ1v) is 4.77. The van der Waals surface area contributed by atoms with Gasteiger partial charge < -0.3 is 15.2 Å². The number of nitrogens with zero attached hydrogens (tertiary/aromatic N) is 1. The van der Waals surface area contributed by atoms with Gasteiger partial charge in [-0.25, -0.2) is 4.79 Å². The van der Waals surface area contributed by atoms with Crippen molar-refractivity contribution >= 4 is 11.7 Å². The zero-order valence-corrected chi connectivity index (χ0v) is 9.90. The molecule has 0 fully saturated rings. The van der Waals surface area contributed by atoms with E-state index in [9.17, 15) is 4.79 Å². The monoisotopic (exact) mass is 224 g/mol. The lowest BCUT2D eigenvalue weighted by Gasteiger charge is -2.19. The summed E-state index contributed by atoms with van der Waals surface area (Å²) in [5, 5.41) is 0. The highest BCUT2D eigenvalue weighted by molar-refractivity contribution is 5.91. The molecule has 0 aliphatic carbocycles. The number of methoxy groups -OCH3 is 2. The van der Waals surface area contributed by atoms with Crippen LogP contribution >= 0.6 is 0 Å². The summed E-state index contributed by atoms with van der Waals surface area (Å²) in [6, 6.07) is 3.00. The second-order valence-electron chi connectivity index (χ2n) is 3.39. The van der Waals surface area contributed by atoms with Gasteiger partial charge in [0.05, 0.1) is 19.9 Å². The Morgan fingerprint density at radius 3 is 2.19 bits per heavy atom. The number of urea groups is 1. The summed E-state index contributed by atoms with van der Waals surface area (Å²) in [7, 11) is 4.71. The van der Waals surface area contributed by atoms with Crippen LogP contribution in [0.3, 0.4) is 0 Å². The number of ether oxygens (including phenoxy) is 2. The Morgan fingerprint density at radius 2 is 1.75 bits per heavy atom. The van der Waals surface area contributed by atoms with Crippen LogP contribution in [0.15, 0.2) is 12.1 Å². The average molecular weight is 224 g/mol. The van der Waals surface area contributed by atoms with Crippen LogP contribution in [0.2, 0.25) is 0 Å². The minimum absolute atomic E-state index is 0.518. The molecule has 0 saturated heterocycles. The third kappa shape index (κ3) is 2.18. The maximum atomic E-state index is 11.1. The van der Waals surface area contributed by atoms with Gasteiger partial charge >= 0.3 is 6.03 Å². The number of rotatable bonds is 3. The molecule has 0 saturated carbocycles. The first kappa shape index (κ1) is 12.2. The molecule has 1 aromatic carbocycles. The fraction of sp³-hybridized carbons (Fsp3) is 0.364. The van der Waals surface area contributed by atoms with Gasteiger partial charge in [0.15, 0.2) is 11.5 Å². The molecule has 88 valence electrons. The van der Waals surface area contributed by atoms with E-state index in [1.807, 2.05) is 6.92 Å². The highest BCUT2D eigenvalue weighted by atomic mass is 16.5. The zero-order chi connectivity index (χ0) is 12.3. The number of nitrogens with two attached hydrogens (primary N) is 1. The number of carbonyl (C=O) groups excluding carboxylic acids is 1. The molecule has 2 N–H and O–H groups in total. The number of aryl methyl sites for hydroxylation is 1. The van der Waals surface area contributed by atoms with Crippen molar-refractivity contribution < 1.29 is 14.3 Å². The summed E-state index contributed by atoms with van der Waals surface area (Å²) in [5.74, 6) is 1.19. The van der Waals surface area contributed by atoms with Crippen molar-refractivity contribution in [2.75, 3.05) is 26.2 Å². The lowest BCUT2D eigenvalue weighted by Crippen LogP contribution is -2.32. The van der Waals surface area contributed by atoms with Gasteiger partial charge in [-0.2, -0.15) is 0 Å². The molecule has 0 aliphatic rings. The van der Waals surface area contributed by atoms with Crippen LogP contribution in [0.4, 0.5) is 10.5 Å². The van der Waals surface area contributed by atoms with Crippen LogP contribution in [0.5, 0.6) is 11.5 Å². The second kappa shape index (κ2) is 4.74. The molecule has 0 radical (unpaired) electrons. The minimum Gasteiger partial charge on any atom is -0.493 e. The Kier molecular flexibility index (Phi) is 3.60. The van der Waals surface area contributed by atoms with E-state index in [4.69, 9.17) is 15.2 Å². The largest absolute Gasteiger partial charge is 0.493 e. The van der Waals surface area contributed by atoms with E-state index in [0.29, 0.717) is 17.2 Å². The van der Waals surface area contributed by atoms with E-state index >= 15 is 0 Å². The summed E-state index contributed by atoms with van der Waals surface area (Å²) in [5.41, 5.74) is 6.80. The summed E-state index contributed by atoms with van der Waals surface area (Å²) >= 11 is 0. The lowest BCUT2D eigenvalue weighted by atomic mass is 10.1. The fourth-order valence-corrected chi connectivity index (χ4v) is 1.45. The van der Waals surface area contributed by atoms with Gasteiger partial charge in [0.25, 0.3) is 0 Å². The molecule has 0 atom stereocenters. The number of hydrogen-bond acceptors (Lipinski definition) is 3. The second-order valence-corrected chi connectivity index (χ2v) is 3.39. The highest BCUT2D eigenvalue weighted by Gasteiger charge is 2.14. The van der Waals surface area contributed by atoms with E-state index in [1.54, 1.807) is 33.4 Å². The van der Waals surface area contributed by atoms with E-state index in [0.717, 1.165) is 5.56 Å². The van der Waals surface area contributed by atoms with Crippen molar-refractivity contribution in [2.45, 2.75) is 6.92 Å². The molecule has 0 spiro atoms. The zero-order valence-electron chi connectivity index (χ0n) is 9.90. The van der Waals surface area contributed by atoms with Gasteiger partial charge in [0, 0.05) is 13.1 Å². The Hall–Kier alpha value is -1.91. The maximum absolute atomic E-state index is 11.1. The first-order valence-electron chi connectivity index (χ1n) is 4.77. The molecule has 16 heavy (non-hydrogen) atoms. The molecule has 0 aliphatic heterocycles. The number of carbonyl (C=O) groups is 1. The standard InChI is InChI=1S/C11H16N2O3/c1-7-5-9(15-3)10(16-4)6-8(7)13(2)11(12)14/h5-6H,1-4H3,(H2,12,14). The molecule has 0 bridgehead atoms. The lowest BCUT2D eigenvalue weighted by molar-refractivity contribution is 0.255. The Balaban J connectivity index is 3.26. The molecule has 0 heterocycles. The smallest absolute Gasteiger partial charge is 0.319 e. The molecule has 5 nitrogen and oxygen atoms in total. The van der Waals surface area contributed by atoms with Gasteiger partial charge in [-0.1, -0.05) is 0 Å². The van der Waals surface area contributed by atoms with Gasteiger partial charge in [0.1, 0.15) is 0 Å². The summed E-state index contributed by atoms with van der Waals surface area (Å²) in [6.45, 7) is 1.87. The Morgan fingerprint density at radius 1 is 1.25 bits per heavy atom. The number of primary amides is 1. The third-order valence-electron chi connectivity index (χ3n) is 2.39. The van der Waals surface area contributed by atoms with Crippen molar-refractivity contribution in [2.24, 2.45) is 5.73 Å². The van der Waals surface area contributed by atoms with Gasteiger partial charge in [-0.15, -0.1) is 0 Å². The number of benzene rings is 1. The van der Waals surface area contributed by atoms with Crippen molar-refractivity contribution in [3.05, 3.63) is 17.7 Å². The van der Waals surface area contributed by atoms with Crippen LogP contribution in [0.1, 0.15) is 5.56 Å². The van der Waals surface area contributed by atoms with E-state index in [2.05, 4.69) is 0 Å². The number of amides is 2. The molecule has 2 amide bonds. The minimum atomic E-state index is -0.518. The molecule has 1 rings (SSSR count). The van der Waals surface area contributed by atoms with Crippen LogP contribution in [-0.4, -0.2) is 27.3 Å². The highest BCUT2D eigenvalue weighted by Crippen LogP contribution is 2.34. The van der Waals surface area contributed by atoms with Gasteiger partial charge in [0.2, 0.25) is 0 Å². The summed E-state index contributed by atoms with van der Waals surface area (Å²) in [6.07, 6.45) is 0. The van der Waals surface area contributed by atoms with Crippen LogP contribution in [0.25, 0.3) is 0 Å². The van der Waals surface area contributed by atoms with Crippen molar-refractivity contribution in [3.63, 3.8) is 0 Å². The van der Waals surface area contributed by atoms with Crippen LogP contribution < -0.4 is 20.1 Å². The molecule has 0 aromatic heterocycles. The maximum Gasteiger partial charge on any atom is 0.319 e. The molecule has 0 unspecified atom stereocenters. The summed E-state index contributed by atoms with van der Waals surface area (Å²) < 4.78 is 10.3. The third-order valence-corrected chi connectivity index (χ3v) is 2.39. The predicted octanol–water partition coefficient (Wildman–Crippen LogP) is 1.53. The SMILES string of the molecule is COc1cc(C)c(N(C)C(N)=O)cc1OC. The Labute approximate surface area is 94.7 Å². The van der Waals surface area contributed by atoms with Crippen molar-refractivity contribution in [1.82, 2.24) is 0 Å². The average Bonchev–Trinajstić information content (AvgIpc) is 2.27. The van der Waals surface area contributed by atoms with E-state index in [-0.39, 0.29) is 0 Å². The van der Waals surface area contributed by atoms with Crippen LogP contribution in [0, 0.1) is 6.92 Å². The van der Waals surface area contributed by atoms with E-state index in [1.165, 1.54) is 4.90 Å². The molecule has 5 heteroatoms. The van der Waals surface area contributed by atoms with E-state index < -0.39 is 6.03 Å². The quantitative estimate of drug-likeness (QED) is 0.846. The molecule has 1 aromatic rings. The van der Waals surface area contributed by atoms with Gasteiger partial charge in [-0.05, 0) is 18.6 Å². The molecular formula is C11H16N2O3. The van der Waals surface area contributed by atoms with Crippen molar-refractivity contribution in [1.29, 1.82) is 0 Å². The van der Waals surface area contributed by atoms with Gasteiger partial charge in [-0.3, -0.25) is 4.90 Å². The normalized spacial score (nSPS) is 9.75. The topological polar surface area (TPSA) is 64.8 Å². The fourth-order valence-electron chi connectivity index (χ4n) is 1.45. The van der Waals surface area contributed by atoms with Crippen molar-refractivity contribution in [3.8, 4) is 11.5 Å². The predicted molar refractivity (Wildman–Crippen MR) is 62.3 cm³/mol. The van der Waals surface area contributed by atoms with Crippen LogP contribution in [-0.2, 0) is 0 Å². The Bertz CT molecular complexity index is 404. The number of hydrogen-bond donors (Lipinski definition) is 1. The summed E-state index contributed by atoms with van der Waals surface area (Å²) in [4.78, 5) is 12.4.